The predicted molar refractivity (Wildman–Crippen MR) is 253 cm³/mol. The molecule has 0 aromatic heterocycles. The first-order valence-electron chi connectivity index (χ1n) is 23.0. The second-order valence-electron chi connectivity index (χ2n) is 14.9. The van der Waals surface area contributed by atoms with Crippen LogP contribution in [0.2, 0.25) is 0 Å². The lowest BCUT2D eigenvalue weighted by molar-refractivity contribution is -0.122. The molecule has 336 valence electrons. The van der Waals surface area contributed by atoms with E-state index in [9.17, 15) is 19.4 Å². The summed E-state index contributed by atoms with van der Waals surface area (Å²) < 4.78 is 22.1. The van der Waals surface area contributed by atoms with Crippen LogP contribution in [0.15, 0.2) is 109 Å². The normalized spacial score (nSPS) is 15.0. The molecule has 3 atom stereocenters. The second-order valence-corrected chi connectivity index (χ2v) is 16.3. The fraction of sp³-hybridized carbons (Fsp3) is 0.620. The minimum atomic E-state index is -4.38. The Morgan fingerprint density at radius 2 is 1.00 bits per heavy atom. The number of aliphatic hydroxyl groups excluding tert-OH is 1. The van der Waals surface area contributed by atoms with Crippen LogP contribution in [0.1, 0.15) is 168 Å². The molecule has 59 heavy (non-hydrogen) atoms. The van der Waals surface area contributed by atoms with Gasteiger partial charge in [-0.2, -0.15) is 0 Å². The van der Waals surface area contributed by atoms with Gasteiger partial charge in [-0.3, -0.25) is 13.8 Å². The number of phosphoric acid groups is 1. The number of allylic oxidation sites excluding steroid dienone is 17. The number of aliphatic hydroxyl groups is 1. The van der Waals surface area contributed by atoms with Gasteiger partial charge < -0.3 is 21.1 Å². The van der Waals surface area contributed by atoms with E-state index in [-0.39, 0.29) is 25.5 Å². The van der Waals surface area contributed by atoms with Crippen molar-refractivity contribution in [2.75, 3.05) is 19.8 Å². The Balaban J connectivity index is 4.41. The molecule has 8 nitrogen and oxygen atoms in total. The lowest BCUT2D eigenvalue weighted by Gasteiger charge is -2.23. The van der Waals surface area contributed by atoms with Crippen molar-refractivity contribution in [2.45, 2.75) is 180 Å². The Labute approximate surface area is 361 Å². The van der Waals surface area contributed by atoms with Gasteiger partial charge in [-0.25, -0.2) is 4.57 Å². The van der Waals surface area contributed by atoms with Crippen LogP contribution in [0.5, 0.6) is 0 Å². The van der Waals surface area contributed by atoms with E-state index in [4.69, 9.17) is 14.8 Å². The molecule has 0 aliphatic heterocycles. The summed E-state index contributed by atoms with van der Waals surface area (Å²) in [6.07, 6.45) is 63.1. The third-order valence-corrected chi connectivity index (χ3v) is 10.3. The minimum Gasteiger partial charge on any atom is -0.387 e. The highest BCUT2D eigenvalue weighted by Crippen LogP contribution is 2.43. The summed E-state index contributed by atoms with van der Waals surface area (Å²) in [5.41, 5.74) is 5.37. The molecule has 0 spiro atoms. The number of carbonyl (C=O) groups excluding carboxylic acids is 1. The Bertz CT molecular complexity index is 1280. The van der Waals surface area contributed by atoms with E-state index in [1.54, 1.807) is 6.08 Å². The molecule has 0 radical (unpaired) electrons. The molecule has 1 amide bonds. The van der Waals surface area contributed by atoms with Crippen LogP contribution in [0.4, 0.5) is 0 Å². The molecular formula is C50H85N2O6P. The lowest BCUT2D eigenvalue weighted by Crippen LogP contribution is -2.45. The number of rotatable bonds is 41. The van der Waals surface area contributed by atoms with Gasteiger partial charge in [0.15, 0.2) is 0 Å². The highest BCUT2D eigenvalue weighted by Gasteiger charge is 2.26. The highest BCUT2D eigenvalue weighted by atomic mass is 31.2. The minimum absolute atomic E-state index is 0.0542. The van der Waals surface area contributed by atoms with Crippen molar-refractivity contribution in [3.05, 3.63) is 109 Å². The molecule has 5 N–H and O–H groups in total. The zero-order valence-electron chi connectivity index (χ0n) is 37.2. The van der Waals surface area contributed by atoms with Crippen molar-refractivity contribution in [3.63, 3.8) is 0 Å². The molecule has 0 rings (SSSR count). The van der Waals surface area contributed by atoms with Crippen LogP contribution in [0, 0.1) is 0 Å². The van der Waals surface area contributed by atoms with E-state index in [2.05, 4.69) is 104 Å². The van der Waals surface area contributed by atoms with Gasteiger partial charge in [0.25, 0.3) is 0 Å². The number of amides is 1. The van der Waals surface area contributed by atoms with E-state index in [0.717, 1.165) is 57.8 Å². The smallest absolute Gasteiger partial charge is 0.387 e. The second kappa shape index (κ2) is 44.7. The summed E-state index contributed by atoms with van der Waals surface area (Å²) in [4.78, 5) is 22.7. The zero-order valence-corrected chi connectivity index (χ0v) is 38.1. The Morgan fingerprint density at radius 1 is 0.576 bits per heavy atom. The van der Waals surface area contributed by atoms with Crippen molar-refractivity contribution in [1.82, 2.24) is 5.32 Å². The van der Waals surface area contributed by atoms with Gasteiger partial charge in [-0.05, 0) is 83.5 Å². The van der Waals surface area contributed by atoms with E-state index < -0.39 is 26.6 Å². The summed E-state index contributed by atoms with van der Waals surface area (Å²) in [5.74, 6) is -0.294. The first-order valence-corrected chi connectivity index (χ1v) is 24.5. The fourth-order valence-corrected chi connectivity index (χ4v) is 6.65. The lowest BCUT2D eigenvalue weighted by atomic mass is 10.1. The maximum atomic E-state index is 12.7. The Hall–Kier alpha value is -2.84. The van der Waals surface area contributed by atoms with Crippen molar-refractivity contribution in [3.8, 4) is 0 Å². The van der Waals surface area contributed by atoms with Crippen molar-refractivity contribution in [2.24, 2.45) is 5.73 Å². The number of unbranched alkanes of at least 4 members (excludes halogenated alkanes) is 13. The molecule has 0 bridgehead atoms. The molecule has 0 saturated heterocycles. The summed E-state index contributed by atoms with van der Waals surface area (Å²) in [5, 5.41) is 13.6. The number of hydrogen-bond acceptors (Lipinski definition) is 6. The molecule has 0 aromatic carbocycles. The molecule has 0 aliphatic rings. The van der Waals surface area contributed by atoms with Gasteiger partial charge in [-0.1, -0.05) is 187 Å². The number of nitrogens with two attached hydrogens (primary N) is 1. The molecule has 0 saturated carbocycles. The van der Waals surface area contributed by atoms with Gasteiger partial charge in [0, 0.05) is 13.0 Å². The van der Waals surface area contributed by atoms with E-state index in [1.807, 2.05) is 18.2 Å². The van der Waals surface area contributed by atoms with Gasteiger partial charge >= 0.3 is 7.82 Å². The Morgan fingerprint density at radius 3 is 1.49 bits per heavy atom. The topological polar surface area (TPSA) is 131 Å². The summed E-state index contributed by atoms with van der Waals surface area (Å²) in [6, 6.07) is -0.932. The van der Waals surface area contributed by atoms with Crippen molar-refractivity contribution < 1.29 is 28.4 Å². The van der Waals surface area contributed by atoms with Crippen molar-refractivity contribution >= 4 is 13.7 Å². The first kappa shape index (κ1) is 56.2. The maximum absolute atomic E-state index is 12.7. The summed E-state index contributed by atoms with van der Waals surface area (Å²) >= 11 is 0. The molecule has 3 unspecified atom stereocenters. The molecule has 9 heteroatoms. The number of carbonyl (C=O) groups is 1. The molecule has 0 aliphatic carbocycles. The molecule has 0 heterocycles. The molecule has 0 aromatic rings. The largest absolute Gasteiger partial charge is 0.472 e. The van der Waals surface area contributed by atoms with Crippen molar-refractivity contribution in [1.29, 1.82) is 0 Å². The fourth-order valence-electron chi connectivity index (χ4n) is 5.89. The van der Waals surface area contributed by atoms with Gasteiger partial charge in [0.2, 0.25) is 5.91 Å². The monoisotopic (exact) mass is 841 g/mol. The molecular weight excluding hydrogens is 756 g/mol. The van der Waals surface area contributed by atoms with Crippen LogP contribution >= 0.6 is 7.82 Å². The average Bonchev–Trinajstić information content (AvgIpc) is 3.22. The van der Waals surface area contributed by atoms with Crippen LogP contribution in [-0.2, 0) is 18.4 Å². The van der Waals surface area contributed by atoms with Gasteiger partial charge in [0.1, 0.15) is 0 Å². The Kier molecular flexibility index (Phi) is 42.6. The van der Waals surface area contributed by atoms with E-state index in [1.165, 1.54) is 77.0 Å². The van der Waals surface area contributed by atoms with E-state index >= 15 is 0 Å². The standard InChI is InChI=1S/C50H85N2O6P/c1-3-5-7-9-11-13-15-17-19-21-23-24-26-27-29-31-33-35-37-39-41-43-49(53)48(47-58-59(55,56)57-46-45-51)52-50(54)44-42-40-38-36-34-32-30-28-25-22-20-18-16-14-12-10-8-6-4-2/h6,8,12,14,18,20,25-28,32-35,38,40-41,43,48-49,53H,3-5,7,9-11,13,15-17,19,21-24,29-31,36-37,39,42,44-47,51H2,1-2H3,(H,52,54)(H,55,56)/b8-6-,14-12-,20-18-,27-26+,28-25-,34-32-,35-33+,40-38-,43-41+. The maximum Gasteiger partial charge on any atom is 0.472 e. The average molecular weight is 841 g/mol. The third kappa shape index (κ3) is 43.1. The number of hydrogen-bond donors (Lipinski definition) is 4. The van der Waals surface area contributed by atoms with Crippen LogP contribution in [0.3, 0.4) is 0 Å². The first-order chi connectivity index (χ1) is 28.9. The quantitative estimate of drug-likeness (QED) is 0.0274. The SMILES string of the molecule is CC/C=C\C/C=C\C/C=C\C/C=C\C/C=C\C/C=C\CCC(=O)NC(COP(=O)(O)OCCN)C(O)/C=C/CC/C=C/CC/C=C/CCCCCCCCCCCCC. The van der Waals surface area contributed by atoms with Crippen LogP contribution < -0.4 is 11.1 Å². The summed E-state index contributed by atoms with van der Waals surface area (Å²) in [7, 11) is -4.38. The van der Waals surface area contributed by atoms with E-state index in [0.29, 0.717) is 12.8 Å². The van der Waals surface area contributed by atoms with Crippen LogP contribution in [-0.4, -0.2) is 47.8 Å². The third-order valence-electron chi connectivity index (χ3n) is 9.32. The molecule has 0 fully saturated rings. The summed E-state index contributed by atoms with van der Waals surface area (Å²) in [6.45, 7) is 3.92. The van der Waals surface area contributed by atoms with Crippen LogP contribution in [0.25, 0.3) is 0 Å². The number of nitrogens with one attached hydrogen (secondary N) is 1. The highest BCUT2D eigenvalue weighted by molar-refractivity contribution is 7.47. The van der Waals surface area contributed by atoms with Gasteiger partial charge in [-0.15, -0.1) is 0 Å². The number of phosphoric ester groups is 1. The zero-order chi connectivity index (χ0) is 43.2. The van der Waals surface area contributed by atoms with Gasteiger partial charge in [0.05, 0.1) is 25.4 Å². The predicted octanol–water partition coefficient (Wildman–Crippen LogP) is 13.3.